The molecule has 5 aromatic rings. The fraction of sp³-hybridized carbons (Fsp3) is 0.348. The summed E-state index contributed by atoms with van der Waals surface area (Å²) in [6.07, 6.45) is 7.58. The highest BCUT2D eigenvalue weighted by Crippen LogP contribution is 2.29. The lowest BCUT2D eigenvalue weighted by atomic mass is 10.1. The van der Waals surface area contributed by atoms with Crippen molar-refractivity contribution in [2.45, 2.75) is 52.1 Å². The van der Waals surface area contributed by atoms with Crippen LogP contribution in [0.2, 0.25) is 0 Å². The van der Waals surface area contributed by atoms with E-state index in [4.69, 9.17) is 0 Å². The Kier molecular flexibility index (Phi) is 6.37. The average Bonchev–Trinajstić information content (AvgIpc) is 3.57. The fourth-order valence-electron chi connectivity index (χ4n) is 4.23. The molecular formula is C23H24BrFN8O2. The van der Waals surface area contributed by atoms with E-state index in [1.807, 2.05) is 4.57 Å². The van der Waals surface area contributed by atoms with Crippen molar-refractivity contribution >= 4 is 32.9 Å². The highest BCUT2D eigenvalue weighted by Gasteiger charge is 2.19. The van der Waals surface area contributed by atoms with Crippen LogP contribution in [0.4, 0.5) is 4.39 Å². The Balaban J connectivity index is 1.38. The molecule has 12 heteroatoms. The smallest absolute Gasteiger partial charge is 0.286 e. The maximum atomic E-state index is 13.6. The third-order valence-corrected chi connectivity index (χ3v) is 6.33. The first-order valence-electron chi connectivity index (χ1n) is 11.5. The first-order chi connectivity index (χ1) is 17.0. The van der Waals surface area contributed by atoms with E-state index in [-0.39, 0.29) is 11.3 Å². The number of hydrogen-bond donors (Lipinski definition) is 2. The second-order valence-electron chi connectivity index (χ2n) is 8.40. The quantitative estimate of drug-likeness (QED) is 0.214. The molecule has 2 N–H and O–H groups in total. The lowest BCUT2D eigenvalue weighted by Gasteiger charge is -2.09. The van der Waals surface area contributed by atoms with Crippen molar-refractivity contribution < 1.29 is 9.50 Å². The first kappa shape index (κ1) is 23.2. The van der Waals surface area contributed by atoms with Gasteiger partial charge in [-0.1, -0.05) is 19.8 Å². The van der Waals surface area contributed by atoms with Crippen LogP contribution in [0, 0.1) is 5.82 Å². The molecule has 1 aromatic carbocycles. The van der Waals surface area contributed by atoms with E-state index >= 15 is 0 Å². The van der Waals surface area contributed by atoms with Crippen LogP contribution in [0.15, 0.2) is 40.1 Å². The van der Waals surface area contributed by atoms with Gasteiger partial charge in [0.15, 0.2) is 15.9 Å². The van der Waals surface area contributed by atoms with Crippen LogP contribution < -0.4 is 5.56 Å². The molecule has 0 aliphatic rings. The Morgan fingerprint density at radius 1 is 1.17 bits per heavy atom. The molecule has 0 saturated heterocycles. The van der Waals surface area contributed by atoms with E-state index in [0.717, 1.165) is 19.3 Å². The van der Waals surface area contributed by atoms with Crippen molar-refractivity contribution in [1.82, 2.24) is 38.9 Å². The largest absolute Gasteiger partial charge is 0.507 e. The maximum Gasteiger partial charge on any atom is 0.286 e. The van der Waals surface area contributed by atoms with Crippen LogP contribution >= 0.6 is 15.9 Å². The number of nitrogens with zero attached hydrogens (tertiary/aromatic N) is 7. The van der Waals surface area contributed by atoms with Gasteiger partial charge in [0, 0.05) is 36.8 Å². The Bertz CT molecular complexity index is 1570. The van der Waals surface area contributed by atoms with Gasteiger partial charge in [-0.3, -0.25) is 14.0 Å². The zero-order valence-electron chi connectivity index (χ0n) is 19.1. The Labute approximate surface area is 207 Å². The summed E-state index contributed by atoms with van der Waals surface area (Å²) in [5, 5.41) is 23.0. The Morgan fingerprint density at radius 2 is 2.03 bits per heavy atom. The van der Waals surface area contributed by atoms with Crippen molar-refractivity contribution in [2.24, 2.45) is 0 Å². The minimum atomic E-state index is -0.428. The van der Waals surface area contributed by atoms with Crippen LogP contribution in [0.25, 0.3) is 28.1 Å². The molecule has 0 amide bonds. The van der Waals surface area contributed by atoms with Gasteiger partial charge >= 0.3 is 0 Å². The Hall–Kier alpha value is -3.54. The minimum Gasteiger partial charge on any atom is -0.507 e. The number of rotatable bonds is 9. The van der Waals surface area contributed by atoms with Crippen LogP contribution in [0.3, 0.4) is 0 Å². The summed E-state index contributed by atoms with van der Waals surface area (Å²) in [7, 11) is 0. The minimum absolute atomic E-state index is 0.00662. The molecule has 5 rings (SSSR count). The van der Waals surface area contributed by atoms with Gasteiger partial charge in [0.1, 0.15) is 17.4 Å². The zero-order valence-corrected chi connectivity index (χ0v) is 20.7. The molecule has 0 aliphatic carbocycles. The lowest BCUT2D eigenvalue weighted by molar-refractivity contribution is 0.475. The van der Waals surface area contributed by atoms with Crippen molar-refractivity contribution in [2.75, 3.05) is 0 Å². The van der Waals surface area contributed by atoms with E-state index < -0.39 is 5.82 Å². The number of hydrogen-bond acceptors (Lipinski definition) is 6. The van der Waals surface area contributed by atoms with Gasteiger partial charge < -0.3 is 10.1 Å². The SMILES string of the molecule is CCCCCn1c2nc(Br)[nH]c2c(=O)n2c(CCCn3cc(-c4cc(F)ccc4O)cn3)nnc12. The van der Waals surface area contributed by atoms with Crippen LogP contribution in [-0.2, 0) is 19.5 Å². The third-order valence-electron chi connectivity index (χ3n) is 5.96. The van der Waals surface area contributed by atoms with Crippen molar-refractivity contribution in [1.29, 1.82) is 0 Å². The number of aromatic hydroxyl groups is 1. The molecule has 0 saturated carbocycles. The second kappa shape index (κ2) is 9.61. The average molecular weight is 543 g/mol. The number of aromatic amines is 1. The summed E-state index contributed by atoms with van der Waals surface area (Å²) < 4.78 is 19.3. The van der Waals surface area contributed by atoms with E-state index in [2.05, 4.69) is 48.1 Å². The summed E-state index contributed by atoms with van der Waals surface area (Å²) in [6.45, 7) is 3.38. The van der Waals surface area contributed by atoms with Crippen LogP contribution in [0.5, 0.6) is 5.75 Å². The molecule has 0 aliphatic heterocycles. The highest BCUT2D eigenvalue weighted by molar-refractivity contribution is 9.10. The molecule has 0 unspecified atom stereocenters. The molecule has 0 spiro atoms. The highest BCUT2D eigenvalue weighted by atomic mass is 79.9. The second-order valence-corrected chi connectivity index (χ2v) is 9.15. The molecule has 4 aromatic heterocycles. The number of benzene rings is 1. The first-order valence-corrected chi connectivity index (χ1v) is 12.3. The van der Waals surface area contributed by atoms with Gasteiger partial charge in [0.05, 0.1) is 6.20 Å². The van der Waals surface area contributed by atoms with E-state index in [1.165, 1.54) is 18.2 Å². The normalized spacial score (nSPS) is 11.7. The Morgan fingerprint density at radius 3 is 2.86 bits per heavy atom. The van der Waals surface area contributed by atoms with E-state index in [1.54, 1.807) is 21.5 Å². The summed E-state index contributed by atoms with van der Waals surface area (Å²) in [5.74, 6) is 0.614. The lowest BCUT2D eigenvalue weighted by Crippen LogP contribution is -2.21. The number of nitrogens with one attached hydrogen (secondary N) is 1. The number of unbranched alkanes of at least 4 members (excludes halogenated alkanes) is 2. The summed E-state index contributed by atoms with van der Waals surface area (Å²) in [6, 6.07) is 3.81. The fourth-order valence-corrected chi connectivity index (χ4v) is 4.59. The number of fused-ring (bicyclic) bond motifs is 2. The monoisotopic (exact) mass is 542 g/mol. The molecule has 35 heavy (non-hydrogen) atoms. The summed E-state index contributed by atoms with van der Waals surface area (Å²) in [4.78, 5) is 20.7. The number of imidazole rings is 1. The van der Waals surface area contributed by atoms with Crippen molar-refractivity contribution in [3.63, 3.8) is 0 Å². The predicted octanol–water partition coefficient (Wildman–Crippen LogP) is 4.06. The number of H-pyrrole nitrogens is 1. The van der Waals surface area contributed by atoms with E-state index in [0.29, 0.717) is 64.6 Å². The predicted molar refractivity (Wildman–Crippen MR) is 132 cm³/mol. The molecule has 182 valence electrons. The van der Waals surface area contributed by atoms with Gasteiger partial charge in [0.2, 0.25) is 5.78 Å². The standard InChI is InChI=1S/C23H24BrFN8O2/c1-2-3-4-10-32-20-19(27-22(24)28-20)21(35)33-18(29-30-23(32)33)6-5-9-31-13-14(12-26-31)16-11-15(25)7-8-17(16)34/h7-8,11-13,34H,2-6,9-10H2,1H3,(H,27,28). The third kappa shape index (κ3) is 4.45. The summed E-state index contributed by atoms with van der Waals surface area (Å²) in [5.41, 5.74) is 1.75. The number of halogens is 2. The number of phenolic OH excluding ortho intramolecular Hbond substituents is 1. The molecular weight excluding hydrogens is 519 g/mol. The van der Waals surface area contributed by atoms with Crippen LogP contribution in [-0.4, -0.2) is 44.0 Å². The van der Waals surface area contributed by atoms with Gasteiger partial charge in [-0.05, 0) is 47.0 Å². The number of aryl methyl sites for hydroxylation is 3. The van der Waals surface area contributed by atoms with Gasteiger partial charge in [0.25, 0.3) is 5.56 Å². The van der Waals surface area contributed by atoms with E-state index in [9.17, 15) is 14.3 Å². The zero-order chi connectivity index (χ0) is 24.5. The van der Waals surface area contributed by atoms with Gasteiger partial charge in [-0.15, -0.1) is 10.2 Å². The van der Waals surface area contributed by atoms with Gasteiger partial charge in [-0.2, -0.15) is 5.10 Å². The molecule has 4 heterocycles. The molecule has 0 bridgehead atoms. The van der Waals surface area contributed by atoms with Crippen LogP contribution in [0.1, 0.15) is 38.4 Å². The topological polar surface area (TPSA) is 119 Å². The summed E-state index contributed by atoms with van der Waals surface area (Å²) >= 11 is 3.34. The number of aromatic nitrogens is 8. The maximum absolute atomic E-state index is 13.6. The molecule has 0 fully saturated rings. The molecule has 0 radical (unpaired) electrons. The molecule has 0 atom stereocenters. The van der Waals surface area contributed by atoms with Gasteiger partial charge in [-0.25, -0.2) is 13.8 Å². The molecule has 10 nitrogen and oxygen atoms in total. The van der Waals surface area contributed by atoms with Crippen molar-refractivity contribution in [3.05, 3.63) is 57.3 Å². The van der Waals surface area contributed by atoms with Crippen molar-refractivity contribution in [3.8, 4) is 16.9 Å². The number of phenols is 1.